The fourth-order valence-electron chi connectivity index (χ4n) is 5.76. The number of nitrogens with one attached hydrogen (secondary N) is 1. The average Bonchev–Trinajstić information content (AvgIpc) is 3.18. The molecule has 1 unspecified atom stereocenters. The van der Waals surface area contributed by atoms with Gasteiger partial charge in [-0.2, -0.15) is 0 Å². The molecule has 5 atom stereocenters. The molecular weight excluding hydrogens is 302 g/mol. The van der Waals surface area contributed by atoms with Crippen LogP contribution in [-0.2, 0) is 17.6 Å². The van der Waals surface area contributed by atoms with Gasteiger partial charge in [-0.3, -0.25) is 9.59 Å². The fraction of sp³-hybridized carbons (Fsp3) is 0.737. The third-order valence-electron chi connectivity index (χ3n) is 6.90. The Morgan fingerprint density at radius 1 is 1.08 bits per heavy atom. The first-order valence-electron chi connectivity index (χ1n) is 9.54. The molecule has 2 bridgehead atoms. The van der Waals surface area contributed by atoms with E-state index in [1.807, 2.05) is 6.92 Å². The Labute approximate surface area is 141 Å². The number of hydrogen-bond acceptors (Lipinski definition) is 3. The molecule has 1 N–H and O–H groups in total. The molecule has 4 aliphatic rings. The van der Waals surface area contributed by atoms with Gasteiger partial charge in [0, 0.05) is 36.4 Å². The molecule has 5 nitrogen and oxygen atoms in total. The number of rotatable bonds is 1. The second-order valence-electron chi connectivity index (χ2n) is 8.25. The predicted octanol–water partition coefficient (Wildman–Crippen LogP) is 1.97. The van der Waals surface area contributed by atoms with E-state index < -0.39 is 0 Å². The molecule has 3 heterocycles. The lowest BCUT2D eigenvalue weighted by Crippen LogP contribution is -2.43. The molecule has 24 heavy (non-hydrogen) atoms. The maximum Gasteiger partial charge on any atom is 0.254 e. The summed E-state index contributed by atoms with van der Waals surface area (Å²) in [7, 11) is 0. The molecular formula is C19H25N3O2. The van der Waals surface area contributed by atoms with Crippen LogP contribution in [-0.4, -0.2) is 32.9 Å². The molecule has 5 heteroatoms. The SMILES string of the molecule is Cc1nc2c(c(=O)[nH]1)C[C@@H]1CC[C@H](C2)N1C(=O)C1[C@H]2CCCC[C@@H]12. The Kier molecular flexibility index (Phi) is 3.16. The molecule has 1 aromatic rings. The lowest BCUT2D eigenvalue weighted by Gasteiger charge is -2.28. The molecule has 1 saturated heterocycles. The van der Waals surface area contributed by atoms with Gasteiger partial charge < -0.3 is 9.88 Å². The van der Waals surface area contributed by atoms with E-state index in [1.54, 1.807) is 0 Å². The van der Waals surface area contributed by atoms with Gasteiger partial charge >= 0.3 is 0 Å². The van der Waals surface area contributed by atoms with E-state index in [2.05, 4.69) is 14.9 Å². The number of carbonyl (C=O) groups is 1. The highest BCUT2D eigenvalue weighted by atomic mass is 16.2. The topological polar surface area (TPSA) is 66.1 Å². The third kappa shape index (κ3) is 2.09. The summed E-state index contributed by atoms with van der Waals surface area (Å²) in [4.78, 5) is 35.2. The number of aryl methyl sites for hydroxylation is 1. The van der Waals surface area contributed by atoms with Crippen LogP contribution in [0.25, 0.3) is 0 Å². The number of aromatic nitrogens is 2. The Morgan fingerprint density at radius 3 is 2.46 bits per heavy atom. The number of aromatic amines is 1. The number of hydrogen-bond donors (Lipinski definition) is 1. The first-order valence-corrected chi connectivity index (χ1v) is 9.54. The monoisotopic (exact) mass is 327 g/mol. The number of H-pyrrole nitrogens is 1. The molecule has 2 aliphatic heterocycles. The van der Waals surface area contributed by atoms with Crippen LogP contribution in [0.4, 0.5) is 0 Å². The lowest BCUT2D eigenvalue weighted by molar-refractivity contribution is -0.136. The predicted molar refractivity (Wildman–Crippen MR) is 89.6 cm³/mol. The Bertz CT molecular complexity index is 743. The molecule has 3 fully saturated rings. The van der Waals surface area contributed by atoms with Gasteiger partial charge in [-0.05, 0) is 44.4 Å². The van der Waals surface area contributed by atoms with Gasteiger partial charge in [-0.15, -0.1) is 0 Å². The summed E-state index contributed by atoms with van der Waals surface area (Å²) in [6.45, 7) is 1.84. The summed E-state index contributed by atoms with van der Waals surface area (Å²) in [5, 5.41) is 0. The number of fused-ring (bicyclic) bond motifs is 4. The van der Waals surface area contributed by atoms with E-state index in [0.29, 0.717) is 30.0 Å². The average molecular weight is 327 g/mol. The summed E-state index contributed by atoms with van der Waals surface area (Å²) < 4.78 is 0. The maximum absolute atomic E-state index is 13.3. The van der Waals surface area contributed by atoms with E-state index in [0.717, 1.165) is 30.5 Å². The Hall–Kier alpha value is -1.65. The number of nitrogens with zero attached hydrogens (tertiary/aromatic N) is 2. The van der Waals surface area contributed by atoms with Gasteiger partial charge in [0.05, 0.1) is 5.69 Å². The van der Waals surface area contributed by atoms with Crippen LogP contribution >= 0.6 is 0 Å². The molecule has 128 valence electrons. The number of amides is 1. The first-order chi connectivity index (χ1) is 11.6. The molecule has 0 radical (unpaired) electrons. The van der Waals surface area contributed by atoms with Crippen LogP contribution in [0.15, 0.2) is 4.79 Å². The number of carbonyl (C=O) groups excluding carboxylic acids is 1. The standard InChI is InChI=1S/C19H25N3O2/c1-10-20-16-9-12-7-6-11(8-15(16)18(23)21-10)22(12)19(24)17-13-4-2-3-5-14(13)17/h11-14,17H,2-9H2,1H3,(H,20,21,23)/t11-,12+,13-,14+,17?/m0/s1. The summed E-state index contributed by atoms with van der Waals surface area (Å²) in [6.07, 6.45) is 8.60. The van der Waals surface area contributed by atoms with Crippen molar-refractivity contribution in [3.63, 3.8) is 0 Å². The van der Waals surface area contributed by atoms with E-state index >= 15 is 0 Å². The normalized spacial score (nSPS) is 36.7. The van der Waals surface area contributed by atoms with Crippen LogP contribution in [0.5, 0.6) is 0 Å². The van der Waals surface area contributed by atoms with Crippen LogP contribution in [0, 0.1) is 24.7 Å². The molecule has 5 rings (SSSR count). The van der Waals surface area contributed by atoms with Gasteiger partial charge in [-0.25, -0.2) is 4.98 Å². The Morgan fingerprint density at radius 2 is 1.75 bits per heavy atom. The van der Waals surface area contributed by atoms with Crippen molar-refractivity contribution in [2.75, 3.05) is 0 Å². The maximum atomic E-state index is 13.3. The van der Waals surface area contributed by atoms with Crippen molar-refractivity contribution in [2.45, 2.75) is 70.4 Å². The van der Waals surface area contributed by atoms with Gasteiger partial charge in [-0.1, -0.05) is 12.8 Å². The van der Waals surface area contributed by atoms with E-state index in [9.17, 15) is 9.59 Å². The minimum Gasteiger partial charge on any atom is -0.336 e. The highest BCUT2D eigenvalue weighted by Crippen LogP contribution is 2.57. The molecule has 0 spiro atoms. The fourth-order valence-corrected chi connectivity index (χ4v) is 5.76. The minimum atomic E-state index is -0.00228. The van der Waals surface area contributed by atoms with Gasteiger partial charge in [0.25, 0.3) is 5.56 Å². The van der Waals surface area contributed by atoms with Crippen molar-refractivity contribution in [1.29, 1.82) is 0 Å². The van der Waals surface area contributed by atoms with Gasteiger partial charge in [0.1, 0.15) is 5.82 Å². The van der Waals surface area contributed by atoms with Gasteiger partial charge in [0.15, 0.2) is 0 Å². The summed E-state index contributed by atoms with van der Waals surface area (Å²) in [5.41, 5.74) is 1.74. The van der Waals surface area contributed by atoms with Crippen molar-refractivity contribution in [2.24, 2.45) is 17.8 Å². The van der Waals surface area contributed by atoms with Crippen molar-refractivity contribution in [3.05, 3.63) is 27.4 Å². The Balaban J connectivity index is 1.44. The molecule has 0 aromatic carbocycles. The second-order valence-corrected chi connectivity index (χ2v) is 8.25. The van der Waals surface area contributed by atoms with Crippen LogP contribution in [0.3, 0.4) is 0 Å². The van der Waals surface area contributed by atoms with Crippen molar-refractivity contribution in [1.82, 2.24) is 14.9 Å². The van der Waals surface area contributed by atoms with Crippen LogP contribution < -0.4 is 5.56 Å². The van der Waals surface area contributed by atoms with Crippen molar-refractivity contribution >= 4 is 5.91 Å². The molecule has 2 aliphatic carbocycles. The second kappa shape index (κ2) is 5.17. The van der Waals surface area contributed by atoms with Crippen LogP contribution in [0.2, 0.25) is 0 Å². The quantitative estimate of drug-likeness (QED) is 0.857. The zero-order valence-electron chi connectivity index (χ0n) is 14.3. The molecule has 1 aromatic heterocycles. The van der Waals surface area contributed by atoms with E-state index in [4.69, 9.17) is 0 Å². The third-order valence-corrected chi connectivity index (χ3v) is 6.90. The first kappa shape index (κ1) is 14.7. The highest BCUT2D eigenvalue weighted by Gasteiger charge is 2.57. The summed E-state index contributed by atoms with van der Waals surface area (Å²) in [5.74, 6) is 2.66. The van der Waals surface area contributed by atoms with Gasteiger partial charge in [0.2, 0.25) is 5.91 Å². The smallest absolute Gasteiger partial charge is 0.254 e. The van der Waals surface area contributed by atoms with E-state index in [-0.39, 0.29) is 23.6 Å². The summed E-state index contributed by atoms with van der Waals surface area (Å²) >= 11 is 0. The summed E-state index contributed by atoms with van der Waals surface area (Å²) in [6, 6.07) is 0.456. The van der Waals surface area contributed by atoms with E-state index in [1.165, 1.54) is 25.7 Å². The largest absolute Gasteiger partial charge is 0.336 e. The van der Waals surface area contributed by atoms with Crippen molar-refractivity contribution < 1.29 is 4.79 Å². The zero-order chi connectivity index (χ0) is 16.4. The minimum absolute atomic E-state index is 0.00228. The lowest BCUT2D eigenvalue weighted by atomic mass is 9.98. The highest BCUT2D eigenvalue weighted by molar-refractivity contribution is 5.83. The van der Waals surface area contributed by atoms with Crippen LogP contribution in [0.1, 0.15) is 55.6 Å². The molecule has 1 amide bonds. The zero-order valence-corrected chi connectivity index (χ0v) is 14.3. The van der Waals surface area contributed by atoms with Crippen molar-refractivity contribution in [3.8, 4) is 0 Å². The molecule has 2 saturated carbocycles.